The van der Waals surface area contributed by atoms with Crippen molar-refractivity contribution in [2.24, 2.45) is 0 Å². The van der Waals surface area contributed by atoms with Crippen molar-refractivity contribution in [2.75, 3.05) is 14.2 Å². The average molecular weight is 404 g/mol. The van der Waals surface area contributed by atoms with Crippen LogP contribution < -0.4 is 14.2 Å². The Bertz CT molecular complexity index is 758. The highest BCUT2D eigenvalue weighted by molar-refractivity contribution is 9.10. The molecule has 2 rings (SSSR count). The number of benzene rings is 1. The highest BCUT2D eigenvalue weighted by Gasteiger charge is 2.23. The first-order valence-corrected chi connectivity index (χ1v) is 9.11. The van der Waals surface area contributed by atoms with Gasteiger partial charge in [-0.2, -0.15) is 0 Å². The lowest BCUT2D eigenvalue weighted by Crippen LogP contribution is -2.34. The molecule has 0 aliphatic rings. The molecule has 1 aromatic heterocycles. The second-order valence-electron chi connectivity index (χ2n) is 4.94. The summed E-state index contributed by atoms with van der Waals surface area (Å²) in [7, 11) is -0.783. The van der Waals surface area contributed by atoms with E-state index >= 15 is 0 Å². The third-order valence-corrected chi connectivity index (χ3v) is 5.72. The number of halogens is 1. The lowest BCUT2D eigenvalue weighted by molar-refractivity contribution is 0.353. The number of rotatable bonds is 7. The zero-order chi connectivity index (χ0) is 17.0. The van der Waals surface area contributed by atoms with Crippen LogP contribution in [-0.4, -0.2) is 28.7 Å². The van der Waals surface area contributed by atoms with E-state index in [1.54, 1.807) is 31.4 Å². The molecule has 0 saturated carbocycles. The first-order valence-electron chi connectivity index (χ1n) is 6.83. The molecule has 2 aromatic rings. The van der Waals surface area contributed by atoms with Crippen molar-refractivity contribution in [3.05, 3.63) is 40.8 Å². The van der Waals surface area contributed by atoms with Gasteiger partial charge in [-0.1, -0.05) is 0 Å². The number of ether oxygens (including phenoxy) is 2. The van der Waals surface area contributed by atoms with Crippen LogP contribution >= 0.6 is 15.9 Å². The number of furan rings is 1. The Hall–Kier alpha value is -1.51. The molecule has 1 unspecified atom stereocenters. The zero-order valence-corrected chi connectivity index (χ0v) is 15.4. The van der Waals surface area contributed by atoms with E-state index < -0.39 is 10.0 Å². The minimum atomic E-state index is -3.73. The molecule has 0 fully saturated rings. The molecule has 0 aliphatic heterocycles. The monoisotopic (exact) mass is 403 g/mol. The van der Waals surface area contributed by atoms with E-state index in [0.717, 1.165) is 0 Å². The van der Waals surface area contributed by atoms with Crippen molar-refractivity contribution in [1.82, 2.24) is 4.72 Å². The Morgan fingerprint density at radius 2 is 1.91 bits per heavy atom. The van der Waals surface area contributed by atoms with Crippen LogP contribution in [0.1, 0.15) is 12.7 Å². The van der Waals surface area contributed by atoms with Crippen LogP contribution in [0.25, 0.3) is 0 Å². The van der Waals surface area contributed by atoms with Crippen molar-refractivity contribution in [3.63, 3.8) is 0 Å². The molecule has 1 N–H and O–H groups in total. The summed E-state index contributed by atoms with van der Waals surface area (Å²) in [5, 5.41) is 0. The first-order chi connectivity index (χ1) is 10.9. The minimum absolute atomic E-state index is 0.0847. The third-order valence-electron chi connectivity index (χ3n) is 3.17. The van der Waals surface area contributed by atoms with Gasteiger partial charge in [-0.25, -0.2) is 13.1 Å². The van der Waals surface area contributed by atoms with E-state index in [0.29, 0.717) is 28.2 Å². The summed E-state index contributed by atoms with van der Waals surface area (Å²) in [6.07, 6.45) is 2.01. The molecule has 0 spiro atoms. The fraction of sp³-hybridized carbons (Fsp3) is 0.333. The SMILES string of the molecule is COc1cc(Br)c(S(=O)(=O)NC(C)Cc2ccco2)cc1OC. The van der Waals surface area contributed by atoms with Crippen LogP contribution in [0.3, 0.4) is 0 Å². The molecule has 23 heavy (non-hydrogen) atoms. The van der Waals surface area contributed by atoms with Gasteiger partial charge in [0.2, 0.25) is 10.0 Å². The van der Waals surface area contributed by atoms with Gasteiger partial charge in [0.25, 0.3) is 0 Å². The molecule has 0 bridgehead atoms. The van der Waals surface area contributed by atoms with E-state index in [1.807, 2.05) is 0 Å². The first kappa shape index (κ1) is 17.8. The summed E-state index contributed by atoms with van der Waals surface area (Å²) in [4.78, 5) is 0.0847. The number of nitrogens with one attached hydrogen (secondary N) is 1. The fourth-order valence-electron chi connectivity index (χ4n) is 2.14. The molecule has 1 aromatic carbocycles. The van der Waals surface area contributed by atoms with Crippen molar-refractivity contribution in [2.45, 2.75) is 24.3 Å². The van der Waals surface area contributed by atoms with Gasteiger partial charge in [0.05, 0.1) is 20.5 Å². The average Bonchev–Trinajstić information content (AvgIpc) is 2.98. The maximum Gasteiger partial charge on any atom is 0.242 e. The van der Waals surface area contributed by atoms with Gasteiger partial charge in [-0.3, -0.25) is 0 Å². The van der Waals surface area contributed by atoms with Gasteiger partial charge in [0.1, 0.15) is 10.7 Å². The largest absolute Gasteiger partial charge is 0.493 e. The second-order valence-corrected chi connectivity index (χ2v) is 7.48. The lowest BCUT2D eigenvalue weighted by atomic mass is 10.2. The summed E-state index contributed by atoms with van der Waals surface area (Å²) in [5.74, 6) is 1.50. The Morgan fingerprint density at radius 1 is 1.26 bits per heavy atom. The van der Waals surface area contributed by atoms with Crippen LogP contribution in [0.4, 0.5) is 0 Å². The zero-order valence-electron chi connectivity index (χ0n) is 13.0. The normalized spacial score (nSPS) is 12.9. The van der Waals surface area contributed by atoms with Crippen LogP contribution in [0.15, 0.2) is 44.3 Å². The molecular weight excluding hydrogens is 386 g/mol. The van der Waals surface area contributed by atoms with Crippen LogP contribution in [0.5, 0.6) is 11.5 Å². The maximum absolute atomic E-state index is 12.6. The van der Waals surface area contributed by atoms with Crippen LogP contribution in [-0.2, 0) is 16.4 Å². The van der Waals surface area contributed by atoms with Crippen LogP contribution in [0, 0.1) is 0 Å². The molecular formula is C15H18BrNO5S. The van der Waals surface area contributed by atoms with Gasteiger partial charge in [0.15, 0.2) is 11.5 Å². The van der Waals surface area contributed by atoms with Gasteiger partial charge in [-0.05, 0) is 41.1 Å². The molecule has 0 aliphatic carbocycles. The Labute approximate surface area is 144 Å². The topological polar surface area (TPSA) is 77.8 Å². The molecule has 0 radical (unpaired) electrons. The summed E-state index contributed by atoms with van der Waals surface area (Å²) in [5.41, 5.74) is 0. The number of hydrogen-bond acceptors (Lipinski definition) is 5. The lowest BCUT2D eigenvalue weighted by Gasteiger charge is -2.16. The van der Waals surface area contributed by atoms with Gasteiger partial charge < -0.3 is 13.9 Å². The Balaban J connectivity index is 2.25. The third kappa shape index (κ3) is 4.27. The standard InChI is InChI=1S/C15H18BrNO5S/c1-10(7-11-5-4-6-22-11)17-23(18,19)15-9-14(21-3)13(20-2)8-12(15)16/h4-6,8-10,17H,7H2,1-3H3. The highest BCUT2D eigenvalue weighted by atomic mass is 79.9. The van der Waals surface area contributed by atoms with E-state index in [9.17, 15) is 8.42 Å². The molecule has 0 amide bonds. The number of methoxy groups -OCH3 is 2. The molecule has 1 atom stereocenters. The molecule has 6 nitrogen and oxygen atoms in total. The van der Waals surface area contributed by atoms with Crippen LogP contribution in [0.2, 0.25) is 0 Å². The Kier molecular flexibility index (Phi) is 5.72. The van der Waals surface area contributed by atoms with Crippen molar-refractivity contribution >= 4 is 26.0 Å². The van der Waals surface area contributed by atoms with Crippen molar-refractivity contribution < 1.29 is 22.3 Å². The number of sulfonamides is 1. The van der Waals surface area contributed by atoms with Crippen molar-refractivity contribution in [1.29, 1.82) is 0 Å². The van der Waals surface area contributed by atoms with E-state index in [1.165, 1.54) is 20.3 Å². The van der Waals surface area contributed by atoms with Gasteiger partial charge in [-0.15, -0.1) is 0 Å². The second kappa shape index (κ2) is 7.37. The predicted molar refractivity (Wildman–Crippen MR) is 89.4 cm³/mol. The molecule has 0 saturated heterocycles. The van der Waals surface area contributed by atoms with E-state index in [4.69, 9.17) is 13.9 Å². The summed E-state index contributed by atoms with van der Waals surface area (Å²) in [6.45, 7) is 1.77. The van der Waals surface area contributed by atoms with Gasteiger partial charge >= 0.3 is 0 Å². The quantitative estimate of drug-likeness (QED) is 0.768. The van der Waals surface area contributed by atoms with E-state index in [-0.39, 0.29) is 10.9 Å². The summed E-state index contributed by atoms with van der Waals surface area (Å²) in [6, 6.07) is 6.22. The van der Waals surface area contributed by atoms with Gasteiger partial charge in [0, 0.05) is 23.0 Å². The van der Waals surface area contributed by atoms with E-state index in [2.05, 4.69) is 20.7 Å². The molecule has 8 heteroatoms. The Morgan fingerprint density at radius 3 is 2.48 bits per heavy atom. The minimum Gasteiger partial charge on any atom is -0.493 e. The number of hydrogen-bond donors (Lipinski definition) is 1. The fourth-order valence-corrected chi connectivity index (χ4v) is 4.42. The predicted octanol–water partition coefficient (Wildman–Crippen LogP) is 2.97. The maximum atomic E-state index is 12.6. The van der Waals surface area contributed by atoms with Crippen molar-refractivity contribution in [3.8, 4) is 11.5 Å². The highest BCUT2D eigenvalue weighted by Crippen LogP contribution is 2.35. The molecule has 1 heterocycles. The summed E-state index contributed by atoms with van der Waals surface area (Å²) >= 11 is 3.26. The summed E-state index contributed by atoms with van der Waals surface area (Å²) < 4.78 is 43.8. The molecule has 126 valence electrons. The smallest absolute Gasteiger partial charge is 0.242 e.